The van der Waals surface area contributed by atoms with Gasteiger partial charge in [-0.2, -0.15) is 0 Å². The zero-order valence-electron chi connectivity index (χ0n) is 14.0. The maximum atomic E-state index is 12.8. The summed E-state index contributed by atoms with van der Waals surface area (Å²) in [4.78, 5) is 0. The molecule has 1 aliphatic carbocycles. The van der Waals surface area contributed by atoms with E-state index in [9.17, 15) is 8.42 Å². The zero-order valence-corrected chi connectivity index (χ0v) is 14.8. The van der Waals surface area contributed by atoms with Gasteiger partial charge >= 0.3 is 0 Å². The van der Waals surface area contributed by atoms with Crippen LogP contribution >= 0.6 is 0 Å². The lowest BCUT2D eigenvalue weighted by Crippen LogP contribution is -2.50. The highest BCUT2D eigenvalue weighted by molar-refractivity contribution is 7.92. The third kappa shape index (κ3) is 3.56. The van der Waals surface area contributed by atoms with Gasteiger partial charge < -0.3 is 5.73 Å². The number of sulfone groups is 1. The molecule has 0 amide bonds. The van der Waals surface area contributed by atoms with Gasteiger partial charge in [0.1, 0.15) is 0 Å². The van der Waals surface area contributed by atoms with Gasteiger partial charge in [0.05, 0.1) is 10.5 Å². The highest BCUT2D eigenvalue weighted by Crippen LogP contribution is 2.42. The summed E-state index contributed by atoms with van der Waals surface area (Å²) in [5.41, 5.74) is 6.37. The fourth-order valence-electron chi connectivity index (χ4n) is 3.18. The Labute approximate surface area is 125 Å². The van der Waals surface area contributed by atoms with Gasteiger partial charge in [0.2, 0.25) is 0 Å². The molecule has 0 radical (unpaired) electrons. The molecule has 1 fully saturated rings. The van der Waals surface area contributed by atoms with E-state index in [1.807, 2.05) is 20.8 Å². The number of hydrogen-bond donors (Lipinski definition) is 1. The molecule has 0 aromatic carbocycles. The van der Waals surface area contributed by atoms with Crippen molar-refractivity contribution in [1.29, 1.82) is 0 Å². The van der Waals surface area contributed by atoms with Crippen LogP contribution in [0.25, 0.3) is 0 Å². The Hall–Kier alpha value is -0.0900. The predicted molar refractivity (Wildman–Crippen MR) is 86.4 cm³/mol. The van der Waals surface area contributed by atoms with E-state index in [2.05, 4.69) is 20.8 Å². The van der Waals surface area contributed by atoms with E-state index in [1.165, 1.54) is 0 Å². The molecule has 0 spiro atoms. The Morgan fingerprint density at radius 2 is 1.75 bits per heavy atom. The Morgan fingerprint density at radius 1 is 1.20 bits per heavy atom. The van der Waals surface area contributed by atoms with E-state index in [4.69, 9.17) is 5.73 Å². The molecule has 0 aromatic rings. The molecule has 0 aromatic heterocycles. The van der Waals surface area contributed by atoms with Crippen molar-refractivity contribution in [3.8, 4) is 0 Å². The lowest BCUT2D eigenvalue weighted by Gasteiger charge is -2.42. The van der Waals surface area contributed by atoms with E-state index in [-0.39, 0.29) is 27.9 Å². The van der Waals surface area contributed by atoms with Gasteiger partial charge in [-0.3, -0.25) is 0 Å². The standard InChI is InChI=1S/C16H33NO2S/c1-7-16(5,6)13-8-9-14(17)15(10-13)20(18,19)12(4)11(2)3/h11-15H,7-10,17H2,1-6H3. The number of hydrogen-bond acceptors (Lipinski definition) is 3. The van der Waals surface area contributed by atoms with Gasteiger partial charge in [-0.1, -0.05) is 41.0 Å². The van der Waals surface area contributed by atoms with Gasteiger partial charge in [-0.15, -0.1) is 0 Å². The van der Waals surface area contributed by atoms with Crippen LogP contribution in [0, 0.1) is 17.3 Å². The molecule has 20 heavy (non-hydrogen) atoms. The molecule has 1 aliphatic rings. The largest absolute Gasteiger partial charge is 0.327 e. The SMILES string of the molecule is CCC(C)(C)C1CCC(N)C(S(=O)(=O)C(C)C(C)C)C1. The van der Waals surface area contributed by atoms with Gasteiger partial charge in [0.15, 0.2) is 9.84 Å². The first-order chi connectivity index (χ1) is 9.04. The minimum Gasteiger partial charge on any atom is -0.327 e. The van der Waals surface area contributed by atoms with Crippen LogP contribution in [0.1, 0.15) is 67.2 Å². The van der Waals surface area contributed by atoms with Gasteiger partial charge in [-0.25, -0.2) is 8.42 Å². The second kappa shape index (κ2) is 6.35. The summed E-state index contributed by atoms with van der Waals surface area (Å²) < 4.78 is 25.6. The smallest absolute Gasteiger partial charge is 0.157 e. The van der Waals surface area contributed by atoms with Crippen LogP contribution in [0.15, 0.2) is 0 Å². The zero-order chi connectivity index (χ0) is 15.7. The van der Waals surface area contributed by atoms with Crippen molar-refractivity contribution >= 4 is 9.84 Å². The van der Waals surface area contributed by atoms with Crippen LogP contribution < -0.4 is 5.73 Å². The highest BCUT2D eigenvalue weighted by Gasteiger charge is 2.43. The normalized spacial score (nSPS) is 30.5. The molecular formula is C16H33NO2S. The summed E-state index contributed by atoms with van der Waals surface area (Å²) in [6.07, 6.45) is 3.72. The van der Waals surface area contributed by atoms with Crippen molar-refractivity contribution < 1.29 is 8.42 Å². The Balaban J connectivity index is 2.98. The molecule has 1 rings (SSSR count). The molecule has 4 heteroatoms. The summed E-state index contributed by atoms with van der Waals surface area (Å²) in [5.74, 6) is 0.609. The summed E-state index contributed by atoms with van der Waals surface area (Å²) in [7, 11) is -3.14. The van der Waals surface area contributed by atoms with Crippen LogP contribution in [0.4, 0.5) is 0 Å². The molecule has 0 heterocycles. The fraction of sp³-hybridized carbons (Fsp3) is 1.00. The van der Waals surface area contributed by atoms with Crippen molar-refractivity contribution in [2.45, 2.75) is 83.8 Å². The van der Waals surface area contributed by atoms with E-state index in [1.54, 1.807) is 0 Å². The minimum atomic E-state index is -3.14. The first-order valence-electron chi connectivity index (χ1n) is 8.02. The second-order valence-electron chi connectivity index (χ2n) is 7.59. The molecule has 0 aliphatic heterocycles. The Bertz CT molecular complexity index is 414. The van der Waals surface area contributed by atoms with Gasteiger partial charge in [0.25, 0.3) is 0 Å². The molecule has 0 saturated heterocycles. The third-order valence-electron chi connectivity index (χ3n) is 5.74. The predicted octanol–water partition coefficient (Wildman–Crippen LogP) is 3.38. The van der Waals surface area contributed by atoms with Crippen LogP contribution in [-0.2, 0) is 9.84 Å². The second-order valence-corrected chi connectivity index (χ2v) is 10.1. The van der Waals surface area contributed by atoms with Crippen LogP contribution in [0.2, 0.25) is 0 Å². The van der Waals surface area contributed by atoms with Crippen molar-refractivity contribution in [2.75, 3.05) is 0 Å². The Morgan fingerprint density at radius 3 is 2.20 bits per heavy atom. The highest BCUT2D eigenvalue weighted by atomic mass is 32.2. The van der Waals surface area contributed by atoms with Crippen LogP contribution in [-0.4, -0.2) is 25.0 Å². The van der Waals surface area contributed by atoms with Crippen molar-refractivity contribution in [3.05, 3.63) is 0 Å². The first kappa shape index (κ1) is 18.0. The van der Waals surface area contributed by atoms with Gasteiger partial charge in [0, 0.05) is 6.04 Å². The molecule has 2 N–H and O–H groups in total. The molecule has 120 valence electrons. The van der Waals surface area contributed by atoms with Crippen LogP contribution in [0.3, 0.4) is 0 Å². The molecule has 0 bridgehead atoms. The van der Waals surface area contributed by atoms with E-state index in [0.29, 0.717) is 5.92 Å². The minimum absolute atomic E-state index is 0.145. The average Bonchev–Trinajstić information content (AvgIpc) is 2.37. The third-order valence-corrected chi connectivity index (χ3v) is 8.71. The maximum Gasteiger partial charge on any atom is 0.157 e. The number of rotatable bonds is 5. The lowest BCUT2D eigenvalue weighted by molar-refractivity contribution is 0.146. The van der Waals surface area contributed by atoms with E-state index in [0.717, 1.165) is 25.7 Å². The van der Waals surface area contributed by atoms with Gasteiger partial charge in [-0.05, 0) is 43.4 Å². The number of nitrogens with two attached hydrogens (primary N) is 1. The monoisotopic (exact) mass is 303 g/mol. The topological polar surface area (TPSA) is 60.2 Å². The van der Waals surface area contributed by atoms with Crippen molar-refractivity contribution in [2.24, 2.45) is 23.0 Å². The quantitative estimate of drug-likeness (QED) is 0.847. The van der Waals surface area contributed by atoms with Crippen molar-refractivity contribution in [3.63, 3.8) is 0 Å². The maximum absolute atomic E-state index is 12.8. The molecule has 4 atom stereocenters. The van der Waals surface area contributed by atoms with Crippen molar-refractivity contribution in [1.82, 2.24) is 0 Å². The summed E-state index contributed by atoms with van der Waals surface area (Å²) in [5, 5.41) is -0.661. The molecule has 1 saturated carbocycles. The van der Waals surface area contributed by atoms with Crippen LogP contribution in [0.5, 0.6) is 0 Å². The molecule has 3 nitrogen and oxygen atoms in total. The summed E-state index contributed by atoms with van der Waals surface area (Å²) in [6, 6.07) is -0.190. The summed E-state index contributed by atoms with van der Waals surface area (Å²) in [6.45, 7) is 12.5. The fourth-order valence-corrected chi connectivity index (χ4v) is 5.62. The lowest BCUT2D eigenvalue weighted by atomic mass is 9.69. The van der Waals surface area contributed by atoms with E-state index < -0.39 is 9.84 Å². The van der Waals surface area contributed by atoms with E-state index >= 15 is 0 Å². The first-order valence-corrected chi connectivity index (χ1v) is 9.63. The Kier molecular flexibility index (Phi) is 5.70. The average molecular weight is 304 g/mol. The molecule has 4 unspecified atom stereocenters. The summed E-state index contributed by atoms with van der Waals surface area (Å²) >= 11 is 0. The molecular weight excluding hydrogens is 270 g/mol.